The topological polar surface area (TPSA) is 28.3 Å². The minimum atomic E-state index is 0.686. The van der Waals surface area contributed by atoms with E-state index in [4.69, 9.17) is 4.74 Å². The van der Waals surface area contributed by atoms with Crippen LogP contribution in [-0.4, -0.2) is 36.6 Å². The second-order valence-electron chi connectivity index (χ2n) is 5.83. The van der Waals surface area contributed by atoms with Crippen LogP contribution in [0.1, 0.15) is 31.0 Å². The van der Waals surface area contributed by atoms with Gasteiger partial charge in [-0.15, -0.1) is 0 Å². The Morgan fingerprint density at radius 2 is 2.25 bits per heavy atom. The summed E-state index contributed by atoms with van der Waals surface area (Å²) < 4.78 is 5.39. The normalized spacial score (nSPS) is 19.9. The molecule has 1 atom stereocenters. The van der Waals surface area contributed by atoms with Gasteiger partial charge in [-0.3, -0.25) is 0 Å². The van der Waals surface area contributed by atoms with Gasteiger partial charge in [-0.1, -0.05) is 6.92 Å². The van der Waals surface area contributed by atoms with E-state index in [1.54, 1.807) is 7.11 Å². The molecule has 20 heavy (non-hydrogen) atoms. The van der Waals surface area contributed by atoms with Crippen LogP contribution in [0, 0.1) is 0 Å². The van der Waals surface area contributed by atoms with E-state index in [0.29, 0.717) is 6.04 Å². The lowest BCUT2D eigenvalue weighted by atomic mass is 10.00. The van der Waals surface area contributed by atoms with E-state index in [0.717, 1.165) is 18.6 Å². The highest BCUT2D eigenvalue weighted by molar-refractivity contribution is 5.86. The molecule has 0 bridgehead atoms. The van der Waals surface area contributed by atoms with Gasteiger partial charge in [-0.05, 0) is 63.0 Å². The number of rotatable bonds is 4. The van der Waals surface area contributed by atoms with Crippen molar-refractivity contribution in [3.63, 3.8) is 0 Å². The largest absolute Gasteiger partial charge is 0.497 e. The van der Waals surface area contributed by atoms with Crippen LogP contribution in [0.3, 0.4) is 0 Å². The Labute approximate surface area is 120 Å². The van der Waals surface area contributed by atoms with Crippen molar-refractivity contribution in [1.82, 2.24) is 9.88 Å². The smallest absolute Gasteiger partial charge is 0.119 e. The maximum absolute atomic E-state index is 5.39. The number of methoxy groups -OCH3 is 1. The van der Waals surface area contributed by atoms with Gasteiger partial charge >= 0.3 is 0 Å². The first-order valence-electron chi connectivity index (χ1n) is 7.60. The predicted octanol–water partition coefficient (Wildman–Crippen LogP) is 3.38. The lowest BCUT2D eigenvalue weighted by Crippen LogP contribution is -2.27. The fraction of sp³-hybridized carbons (Fsp3) is 0.529. The minimum Gasteiger partial charge on any atom is -0.497 e. The number of benzene rings is 1. The van der Waals surface area contributed by atoms with E-state index in [9.17, 15) is 0 Å². The van der Waals surface area contributed by atoms with E-state index in [1.807, 2.05) is 6.07 Å². The second kappa shape index (κ2) is 5.49. The van der Waals surface area contributed by atoms with Crippen molar-refractivity contribution in [3.8, 4) is 5.75 Å². The summed E-state index contributed by atoms with van der Waals surface area (Å²) in [5.74, 6) is 0.945. The van der Waals surface area contributed by atoms with Crippen molar-refractivity contribution in [1.29, 1.82) is 0 Å². The van der Waals surface area contributed by atoms with Gasteiger partial charge in [0.25, 0.3) is 0 Å². The summed E-state index contributed by atoms with van der Waals surface area (Å²) in [4.78, 5) is 6.08. The molecular weight excluding hydrogens is 248 g/mol. The number of aromatic nitrogens is 1. The SMILES string of the molecule is CCc1[nH]c2ccc(OC)cc2c1C[C@@H]1CCCN1C. The first-order valence-corrected chi connectivity index (χ1v) is 7.60. The van der Waals surface area contributed by atoms with Crippen LogP contribution >= 0.6 is 0 Å². The van der Waals surface area contributed by atoms with Gasteiger partial charge in [0.05, 0.1) is 7.11 Å². The van der Waals surface area contributed by atoms with Crippen LogP contribution in [0.5, 0.6) is 5.75 Å². The lowest BCUT2D eigenvalue weighted by Gasteiger charge is -2.19. The summed E-state index contributed by atoms with van der Waals surface area (Å²) in [5.41, 5.74) is 4.10. The van der Waals surface area contributed by atoms with Crippen LogP contribution in [0.2, 0.25) is 0 Å². The monoisotopic (exact) mass is 272 g/mol. The Kier molecular flexibility index (Phi) is 3.70. The molecule has 0 saturated carbocycles. The Balaban J connectivity index is 2.01. The van der Waals surface area contributed by atoms with Crippen LogP contribution in [0.25, 0.3) is 10.9 Å². The molecule has 1 N–H and O–H groups in total. The fourth-order valence-corrected chi connectivity index (χ4v) is 3.42. The van der Waals surface area contributed by atoms with E-state index in [2.05, 4.69) is 36.0 Å². The number of nitrogens with one attached hydrogen (secondary N) is 1. The maximum Gasteiger partial charge on any atom is 0.119 e. The molecule has 1 saturated heterocycles. The molecule has 1 aromatic heterocycles. The third kappa shape index (κ3) is 2.31. The molecule has 2 aromatic rings. The highest BCUT2D eigenvalue weighted by Crippen LogP contribution is 2.30. The summed E-state index contributed by atoms with van der Waals surface area (Å²) in [5, 5.41) is 1.33. The van der Waals surface area contributed by atoms with Crippen LogP contribution in [0.15, 0.2) is 18.2 Å². The molecule has 1 aliphatic heterocycles. The molecule has 3 heteroatoms. The molecule has 3 rings (SSSR count). The zero-order valence-corrected chi connectivity index (χ0v) is 12.7. The second-order valence-corrected chi connectivity index (χ2v) is 5.83. The molecule has 0 spiro atoms. The molecule has 1 fully saturated rings. The van der Waals surface area contributed by atoms with Crippen LogP contribution in [0.4, 0.5) is 0 Å². The van der Waals surface area contributed by atoms with Gasteiger partial charge in [0.1, 0.15) is 5.75 Å². The van der Waals surface area contributed by atoms with E-state index in [-0.39, 0.29) is 0 Å². The van der Waals surface area contributed by atoms with Crippen molar-refractivity contribution >= 4 is 10.9 Å². The average molecular weight is 272 g/mol. The number of likely N-dealkylation sites (tertiary alicyclic amines) is 1. The molecule has 0 radical (unpaired) electrons. The Morgan fingerprint density at radius 1 is 1.40 bits per heavy atom. The predicted molar refractivity (Wildman–Crippen MR) is 83.6 cm³/mol. The number of fused-ring (bicyclic) bond motifs is 1. The highest BCUT2D eigenvalue weighted by Gasteiger charge is 2.23. The van der Waals surface area contributed by atoms with Crippen molar-refractivity contribution in [2.24, 2.45) is 0 Å². The van der Waals surface area contributed by atoms with Gasteiger partial charge in [0.2, 0.25) is 0 Å². The number of aromatic amines is 1. The lowest BCUT2D eigenvalue weighted by molar-refractivity contribution is 0.309. The summed E-state index contributed by atoms with van der Waals surface area (Å²) in [6.45, 7) is 3.46. The van der Waals surface area contributed by atoms with E-state index >= 15 is 0 Å². The summed E-state index contributed by atoms with van der Waals surface area (Å²) in [7, 11) is 3.98. The van der Waals surface area contributed by atoms with Gasteiger partial charge in [-0.25, -0.2) is 0 Å². The van der Waals surface area contributed by atoms with Crippen molar-refractivity contribution in [3.05, 3.63) is 29.5 Å². The van der Waals surface area contributed by atoms with Gasteiger partial charge in [0, 0.05) is 22.6 Å². The van der Waals surface area contributed by atoms with Crippen LogP contribution < -0.4 is 4.74 Å². The zero-order valence-electron chi connectivity index (χ0n) is 12.7. The molecule has 3 nitrogen and oxygen atoms in total. The van der Waals surface area contributed by atoms with Crippen LogP contribution in [-0.2, 0) is 12.8 Å². The van der Waals surface area contributed by atoms with Crippen molar-refractivity contribution in [2.45, 2.75) is 38.6 Å². The number of ether oxygens (including phenoxy) is 1. The molecular formula is C17H24N2O. The molecule has 108 valence electrons. The Morgan fingerprint density at radius 3 is 2.90 bits per heavy atom. The quantitative estimate of drug-likeness (QED) is 0.924. The number of hydrogen-bond acceptors (Lipinski definition) is 2. The Bertz CT molecular complexity index is 602. The first kappa shape index (κ1) is 13.5. The number of hydrogen-bond donors (Lipinski definition) is 1. The maximum atomic E-state index is 5.39. The summed E-state index contributed by atoms with van der Waals surface area (Å²) in [6, 6.07) is 7.03. The van der Waals surface area contributed by atoms with Crippen molar-refractivity contribution in [2.75, 3.05) is 20.7 Å². The molecule has 0 aliphatic carbocycles. The van der Waals surface area contributed by atoms with E-state index in [1.165, 1.54) is 41.5 Å². The highest BCUT2D eigenvalue weighted by atomic mass is 16.5. The summed E-state index contributed by atoms with van der Waals surface area (Å²) in [6.07, 6.45) is 4.85. The third-order valence-corrected chi connectivity index (χ3v) is 4.67. The summed E-state index contributed by atoms with van der Waals surface area (Å²) >= 11 is 0. The number of aryl methyl sites for hydroxylation is 1. The zero-order chi connectivity index (χ0) is 14.1. The number of H-pyrrole nitrogens is 1. The van der Waals surface area contributed by atoms with E-state index < -0.39 is 0 Å². The molecule has 0 amide bonds. The first-order chi connectivity index (χ1) is 9.72. The molecule has 1 aliphatic rings. The Hall–Kier alpha value is -1.48. The van der Waals surface area contributed by atoms with Gasteiger partial charge in [0.15, 0.2) is 0 Å². The molecule has 1 aromatic carbocycles. The molecule has 0 unspecified atom stereocenters. The standard InChI is InChI=1S/C17H24N2O/c1-4-16-14(10-12-6-5-9-19(12)2)15-11-13(20-3)7-8-17(15)18-16/h7-8,11-12,18H,4-6,9-10H2,1-3H3/t12-/m0/s1. The van der Waals surface area contributed by atoms with Crippen molar-refractivity contribution < 1.29 is 4.74 Å². The number of likely N-dealkylation sites (N-methyl/N-ethyl adjacent to an activating group) is 1. The van der Waals surface area contributed by atoms with Gasteiger partial charge < -0.3 is 14.6 Å². The minimum absolute atomic E-state index is 0.686. The third-order valence-electron chi connectivity index (χ3n) is 4.67. The average Bonchev–Trinajstić information content (AvgIpc) is 3.03. The molecule has 2 heterocycles. The number of nitrogens with zero attached hydrogens (tertiary/aromatic N) is 1. The fourth-order valence-electron chi connectivity index (χ4n) is 3.42. The van der Waals surface area contributed by atoms with Gasteiger partial charge in [-0.2, -0.15) is 0 Å².